The highest BCUT2D eigenvalue weighted by Gasteiger charge is 2.33. The molecule has 4 rings (SSSR count). The van der Waals surface area contributed by atoms with E-state index < -0.39 is 10.7 Å². The number of carbonyl (C=O) groups is 1. The summed E-state index contributed by atoms with van der Waals surface area (Å²) in [7, 11) is 0. The molecule has 0 unspecified atom stereocenters. The molecule has 0 saturated carbocycles. The van der Waals surface area contributed by atoms with Crippen LogP contribution in [-0.4, -0.2) is 15.2 Å². The zero-order valence-corrected chi connectivity index (χ0v) is 19.1. The standard InChI is InChI=1S/C23H14ClFN2O4S2/c24-18-5-3-6-19(25)17(18)13-31-20-7-2-1-4-14(20)12-21-22(28)26(23(32)33-21)15-8-10-16(11-9-15)27(29)30/h1-12H,13H2/b21-12+. The number of anilines is 1. The van der Waals surface area contributed by atoms with Crippen LogP contribution in [0.3, 0.4) is 0 Å². The largest absolute Gasteiger partial charge is 0.488 e. The number of rotatable bonds is 6. The Morgan fingerprint density at radius 2 is 1.85 bits per heavy atom. The van der Waals surface area contributed by atoms with Crippen molar-refractivity contribution < 1.29 is 18.8 Å². The first-order valence-electron chi connectivity index (χ1n) is 9.52. The van der Waals surface area contributed by atoms with Crippen molar-refractivity contribution in [1.82, 2.24) is 0 Å². The highest BCUT2D eigenvalue weighted by molar-refractivity contribution is 8.27. The molecule has 1 amide bonds. The van der Waals surface area contributed by atoms with Gasteiger partial charge in [0.1, 0.15) is 18.2 Å². The number of nitro benzene ring substituents is 1. The lowest BCUT2D eigenvalue weighted by molar-refractivity contribution is -0.384. The van der Waals surface area contributed by atoms with Crippen molar-refractivity contribution in [2.75, 3.05) is 4.90 Å². The van der Waals surface area contributed by atoms with Crippen LogP contribution in [0.1, 0.15) is 11.1 Å². The number of carbonyl (C=O) groups excluding carboxylic acids is 1. The Hall–Kier alpha value is -3.27. The molecule has 3 aromatic rings. The molecule has 1 heterocycles. The summed E-state index contributed by atoms with van der Waals surface area (Å²) in [4.78, 5) is 25.1. The van der Waals surface area contributed by atoms with Gasteiger partial charge in [0.25, 0.3) is 11.6 Å². The van der Waals surface area contributed by atoms with Gasteiger partial charge in [0.05, 0.1) is 20.5 Å². The van der Waals surface area contributed by atoms with E-state index in [4.69, 9.17) is 28.6 Å². The summed E-state index contributed by atoms with van der Waals surface area (Å²) < 4.78 is 20.2. The molecule has 0 bridgehead atoms. The van der Waals surface area contributed by atoms with Crippen molar-refractivity contribution in [3.05, 3.63) is 104 Å². The lowest BCUT2D eigenvalue weighted by atomic mass is 10.1. The highest BCUT2D eigenvalue weighted by atomic mass is 35.5. The van der Waals surface area contributed by atoms with E-state index in [1.54, 1.807) is 36.4 Å². The molecule has 1 saturated heterocycles. The molecule has 0 spiro atoms. The fraction of sp³-hybridized carbons (Fsp3) is 0.0435. The number of nitrogens with zero attached hydrogens (tertiary/aromatic N) is 2. The fourth-order valence-corrected chi connectivity index (χ4v) is 4.61. The Labute approximate surface area is 202 Å². The zero-order valence-electron chi connectivity index (χ0n) is 16.7. The van der Waals surface area contributed by atoms with Gasteiger partial charge in [-0.3, -0.25) is 19.8 Å². The van der Waals surface area contributed by atoms with Crippen molar-refractivity contribution in [3.63, 3.8) is 0 Å². The molecule has 1 aliphatic rings. The minimum absolute atomic E-state index is 0.0826. The maximum atomic E-state index is 14.1. The van der Waals surface area contributed by atoms with Gasteiger partial charge < -0.3 is 4.74 Å². The Morgan fingerprint density at radius 1 is 1.12 bits per heavy atom. The van der Waals surface area contributed by atoms with Crippen LogP contribution in [0.4, 0.5) is 15.8 Å². The van der Waals surface area contributed by atoms with Gasteiger partial charge in [0.15, 0.2) is 4.32 Å². The van der Waals surface area contributed by atoms with Gasteiger partial charge in [-0.15, -0.1) is 0 Å². The summed E-state index contributed by atoms with van der Waals surface area (Å²) in [5.41, 5.74) is 1.19. The second-order valence-corrected chi connectivity index (χ2v) is 8.90. The minimum atomic E-state index is -0.514. The summed E-state index contributed by atoms with van der Waals surface area (Å²) in [6, 6.07) is 17.0. The van der Waals surface area contributed by atoms with Gasteiger partial charge in [-0.2, -0.15) is 0 Å². The van der Waals surface area contributed by atoms with Crippen molar-refractivity contribution in [1.29, 1.82) is 0 Å². The number of thiocarbonyl (C=S) groups is 1. The van der Waals surface area contributed by atoms with E-state index >= 15 is 0 Å². The van der Waals surface area contributed by atoms with Crippen LogP contribution in [0.25, 0.3) is 6.08 Å². The van der Waals surface area contributed by atoms with Crippen molar-refractivity contribution in [2.45, 2.75) is 6.61 Å². The summed E-state index contributed by atoms with van der Waals surface area (Å²) in [5, 5.41) is 11.1. The number of benzene rings is 3. The van der Waals surface area contributed by atoms with E-state index in [-0.39, 0.29) is 28.8 Å². The summed E-state index contributed by atoms with van der Waals surface area (Å²) in [6.45, 7) is -0.0832. The van der Waals surface area contributed by atoms with Crippen molar-refractivity contribution in [2.24, 2.45) is 0 Å². The smallest absolute Gasteiger partial charge is 0.270 e. The Kier molecular flexibility index (Phi) is 6.73. The van der Waals surface area contributed by atoms with Crippen LogP contribution in [-0.2, 0) is 11.4 Å². The number of nitro groups is 1. The second-order valence-electron chi connectivity index (χ2n) is 6.82. The lowest BCUT2D eigenvalue weighted by Crippen LogP contribution is -2.27. The number of hydrogen-bond acceptors (Lipinski definition) is 6. The van der Waals surface area contributed by atoms with E-state index in [1.165, 1.54) is 41.3 Å². The molecule has 166 valence electrons. The average molecular weight is 501 g/mol. The molecule has 1 fully saturated rings. The number of hydrogen-bond donors (Lipinski definition) is 0. The first-order valence-corrected chi connectivity index (χ1v) is 11.1. The first kappa shape index (κ1) is 22.9. The number of amides is 1. The summed E-state index contributed by atoms with van der Waals surface area (Å²) in [6.07, 6.45) is 1.64. The van der Waals surface area contributed by atoms with E-state index in [0.29, 0.717) is 26.2 Å². The van der Waals surface area contributed by atoms with Crippen LogP contribution >= 0.6 is 35.6 Å². The van der Waals surface area contributed by atoms with E-state index in [9.17, 15) is 19.3 Å². The molecule has 0 aliphatic carbocycles. The number of para-hydroxylation sites is 1. The third kappa shape index (κ3) is 4.90. The Morgan fingerprint density at radius 3 is 2.55 bits per heavy atom. The maximum absolute atomic E-state index is 14.1. The molecule has 33 heavy (non-hydrogen) atoms. The number of thioether (sulfide) groups is 1. The first-order chi connectivity index (χ1) is 15.8. The van der Waals surface area contributed by atoms with Crippen LogP contribution < -0.4 is 9.64 Å². The minimum Gasteiger partial charge on any atom is -0.488 e. The van der Waals surface area contributed by atoms with Crippen LogP contribution in [0.5, 0.6) is 5.75 Å². The molecular weight excluding hydrogens is 487 g/mol. The number of non-ortho nitro benzene ring substituents is 1. The molecule has 1 aliphatic heterocycles. The average Bonchev–Trinajstić information content (AvgIpc) is 3.07. The lowest BCUT2D eigenvalue weighted by Gasteiger charge is -2.14. The third-order valence-corrected chi connectivity index (χ3v) is 6.41. The zero-order chi connectivity index (χ0) is 23.5. The van der Waals surface area contributed by atoms with Gasteiger partial charge in [-0.25, -0.2) is 4.39 Å². The van der Waals surface area contributed by atoms with Crippen LogP contribution in [0, 0.1) is 15.9 Å². The molecule has 0 aromatic heterocycles. The monoisotopic (exact) mass is 500 g/mol. The van der Waals surface area contributed by atoms with Crippen LogP contribution in [0.2, 0.25) is 5.02 Å². The van der Waals surface area contributed by atoms with E-state index in [1.807, 2.05) is 0 Å². The number of halogens is 2. The molecule has 0 N–H and O–H groups in total. The van der Waals surface area contributed by atoms with Gasteiger partial charge in [0, 0.05) is 23.3 Å². The third-order valence-electron chi connectivity index (χ3n) is 4.75. The molecule has 6 nitrogen and oxygen atoms in total. The van der Waals surface area contributed by atoms with Gasteiger partial charge in [0.2, 0.25) is 0 Å². The van der Waals surface area contributed by atoms with Crippen LogP contribution in [0.15, 0.2) is 71.6 Å². The molecule has 0 radical (unpaired) electrons. The summed E-state index contributed by atoms with van der Waals surface area (Å²) in [5.74, 6) is -0.382. The van der Waals surface area contributed by atoms with E-state index in [2.05, 4.69) is 0 Å². The quantitative estimate of drug-likeness (QED) is 0.169. The van der Waals surface area contributed by atoms with Gasteiger partial charge in [-0.05, 0) is 36.4 Å². The normalized spacial score (nSPS) is 14.7. The molecule has 0 atom stereocenters. The Bertz CT molecular complexity index is 1280. The van der Waals surface area contributed by atoms with Crippen molar-refractivity contribution >= 4 is 63.3 Å². The van der Waals surface area contributed by atoms with Gasteiger partial charge >= 0.3 is 0 Å². The predicted octanol–water partition coefficient (Wildman–Crippen LogP) is 6.37. The number of ether oxygens (including phenoxy) is 1. The topological polar surface area (TPSA) is 72.7 Å². The Balaban J connectivity index is 1.58. The predicted molar refractivity (Wildman–Crippen MR) is 131 cm³/mol. The van der Waals surface area contributed by atoms with Crippen molar-refractivity contribution in [3.8, 4) is 5.75 Å². The SMILES string of the molecule is O=C1/C(=C\c2ccccc2OCc2c(F)cccc2Cl)SC(=S)N1c1ccc([N+](=O)[O-])cc1. The summed E-state index contributed by atoms with van der Waals surface area (Å²) >= 11 is 12.5. The fourth-order valence-electron chi connectivity index (χ4n) is 3.11. The highest BCUT2D eigenvalue weighted by Crippen LogP contribution is 2.37. The van der Waals surface area contributed by atoms with E-state index in [0.717, 1.165) is 11.8 Å². The molecular formula is C23H14ClFN2O4S2. The molecule has 3 aromatic carbocycles. The maximum Gasteiger partial charge on any atom is 0.270 e. The second kappa shape index (κ2) is 9.70. The molecule has 10 heteroatoms. The van der Waals surface area contributed by atoms with Gasteiger partial charge in [-0.1, -0.05) is 59.8 Å².